The maximum atomic E-state index is 11.3. The van der Waals surface area contributed by atoms with Gasteiger partial charge in [0.1, 0.15) is 5.75 Å². The third-order valence-corrected chi connectivity index (χ3v) is 4.44. The van der Waals surface area contributed by atoms with Crippen LogP contribution in [-0.2, 0) is 10.1 Å². The van der Waals surface area contributed by atoms with Crippen LogP contribution in [0.15, 0.2) is 69.7 Å². The summed E-state index contributed by atoms with van der Waals surface area (Å²) in [6.45, 7) is 0. The van der Waals surface area contributed by atoms with Gasteiger partial charge in [0.25, 0.3) is 10.1 Å². The number of halogens is 1. The summed E-state index contributed by atoms with van der Waals surface area (Å²) in [5.41, 5.74) is 0.912. The lowest BCUT2D eigenvalue weighted by molar-refractivity contribution is 0.480. The number of nitrogens with zero attached hydrogens (tertiary/aromatic N) is 2. The fourth-order valence-electron chi connectivity index (χ4n) is 2.16. The van der Waals surface area contributed by atoms with E-state index in [1.54, 1.807) is 24.3 Å². The summed E-state index contributed by atoms with van der Waals surface area (Å²) in [5.74, 6) is -0.0302. The second-order valence-electron chi connectivity index (χ2n) is 4.96. The Balaban J connectivity index is 2.13. The molecule has 0 aliphatic carbocycles. The zero-order valence-corrected chi connectivity index (χ0v) is 13.7. The standard InChI is InChI=1S/C16H11ClN2O4S/c17-10-1-3-11(4-2-10)18-19-15-7-8-16(20)13-6-5-12(9-14(13)15)24(21,22)23/h1-9,20H,(H,21,22,23). The molecule has 122 valence electrons. The van der Waals surface area contributed by atoms with Gasteiger partial charge in [0.2, 0.25) is 0 Å². The van der Waals surface area contributed by atoms with E-state index < -0.39 is 10.1 Å². The molecule has 24 heavy (non-hydrogen) atoms. The number of phenolic OH excluding ortho intramolecular Hbond substituents is 1. The number of hydrogen-bond acceptors (Lipinski definition) is 5. The van der Waals surface area contributed by atoms with Gasteiger partial charge in [-0.3, -0.25) is 4.55 Å². The van der Waals surface area contributed by atoms with Crippen molar-refractivity contribution in [2.75, 3.05) is 0 Å². The van der Waals surface area contributed by atoms with Gasteiger partial charge < -0.3 is 5.11 Å². The Hall–Kier alpha value is -2.48. The fourth-order valence-corrected chi connectivity index (χ4v) is 2.80. The first-order chi connectivity index (χ1) is 11.3. The van der Waals surface area contributed by atoms with E-state index >= 15 is 0 Å². The molecule has 0 heterocycles. The van der Waals surface area contributed by atoms with E-state index in [0.717, 1.165) is 0 Å². The molecule has 6 nitrogen and oxygen atoms in total. The second kappa shape index (κ2) is 6.20. The van der Waals surface area contributed by atoms with Gasteiger partial charge in [-0.05, 0) is 54.6 Å². The summed E-state index contributed by atoms with van der Waals surface area (Å²) in [6, 6.07) is 13.5. The minimum atomic E-state index is -4.36. The average Bonchev–Trinajstić information content (AvgIpc) is 2.55. The molecule has 0 radical (unpaired) electrons. The van der Waals surface area contributed by atoms with Crippen LogP contribution in [0.4, 0.5) is 11.4 Å². The first-order valence-electron chi connectivity index (χ1n) is 6.75. The molecular weight excluding hydrogens is 352 g/mol. The minimum absolute atomic E-state index is 0.0302. The Morgan fingerprint density at radius 3 is 2.25 bits per heavy atom. The van der Waals surface area contributed by atoms with Gasteiger partial charge in [0, 0.05) is 15.8 Å². The van der Waals surface area contributed by atoms with Crippen molar-refractivity contribution < 1.29 is 18.1 Å². The Bertz CT molecular complexity index is 1050. The third-order valence-electron chi connectivity index (χ3n) is 3.34. The number of phenols is 1. The lowest BCUT2D eigenvalue weighted by Gasteiger charge is -2.06. The van der Waals surface area contributed by atoms with E-state index in [1.165, 1.54) is 30.3 Å². The second-order valence-corrected chi connectivity index (χ2v) is 6.82. The highest BCUT2D eigenvalue weighted by Gasteiger charge is 2.13. The summed E-state index contributed by atoms with van der Waals surface area (Å²) in [7, 11) is -4.36. The van der Waals surface area contributed by atoms with Crippen LogP contribution in [-0.4, -0.2) is 18.1 Å². The molecule has 0 aliphatic rings. The number of azo groups is 1. The topological polar surface area (TPSA) is 99.3 Å². The monoisotopic (exact) mass is 362 g/mol. The smallest absolute Gasteiger partial charge is 0.294 e. The Kier molecular flexibility index (Phi) is 4.23. The van der Waals surface area contributed by atoms with Crippen molar-refractivity contribution in [3.05, 3.63) is 59.6 Å². The molecule has 8 heteroatoms. The van der Waals surface area contributed by atoms with Crippen molar-refractivity contribution >= 4 is 43.9 Å². The molecule has 0 amide bonds. The van der Waals surface area contributed by atoms with Gasteiger partial charge in [0.05, 0.1) is 16.3 Å². The van der Waals surface area contributed by atoms with Crippen molar-refractivity contribution in [1.82, 2.24) is 0 Å². The van der Waals surface area contributed by atoms with Crippen LogP contribution in [0, 0.1) is 0 Å². The average molecular weight is 363 g/mol. The van der Waals surface area contributed by atoms with Gasteiger partial charge in [0.15, 0.2) is 0 Å². The maximum absolute atomic E-state index is 11.3. The fraction of sp³-hybridized carbons (Fsp3) is 0. The van der Waals surface area contributed by atoms with E-state index in [-0.39, 0.29) is 10.6 Å². The largest absolute Gasteiger partial charge is 0.507 e. The van der Waals surface area contributed by atoms with Crippen molar-refractivity contribution in [3.63, 3.8) is 0 Å². The Labute approximate surface area is 142 Å². The van der Waals surface area contributed by atoms with Gasteiger partial charge in [-0.15, -0.1) is 5.11 Å². The molecule has 3 aromatic rings. The van der Waals surface area contributed by atoms with E-state index in [1.807, 2.05) is 0 Å². The van der Waals surface area contributed by atoms with Crippen LogP contribution in [0.1, 0.15) is 0 Å². The summed E-state index contributed by atoms with van der Waals surface area (Å²) in [6.07, 6.45) is 0. The lowest BCUT2D eigenvalue weighted by atomic mass is 10.1. The molecule has 0 aliphatic heterocycles. The van der Waals surface area contributed by atoms with Gasteiger partial charge in [-0.25, -0.2) is 0 Å². The summed E-state index contributed by atoms with van der Waals surface area (Å²) in [4.78, 5) is -0.288. The van der Waals surface area contributed by atoms with Crippen LogP contribution in [0.25, 0.3) is 10.8 Å². The predicted octanol–water partition coefficient (Wildman–Crippen LogP) is 4.86. The number of aromatic hydroxyl groups is 1. The highest BCUT2D eigenvalue weighted by molar-refractivity contribution is 7.85. The highest BCUT2D eigenvalue weighted by Crippen LogP contribution is 2.35. The van der Waals surface area contributed by atoms with Crippen molar-refractivity contribution in [1.29, 1.82) is 0 Å². The van der Waals surface area contributed by atoms with Gasteiger partial charge in [-0.1, -0.05) is 11.6 Å². The number of benzene rings is 3. The first-order valence-corrected chi connectivity index (χ1v) is 8.57. The van der Waals surface area contributed by atoms with Gasteiger partial charge >= 0.3 is 0 Å². The molecule has 3 rings (SSSR count). The molecule has 0 bridgehead atoms. The normalized spacial score (nSPS) is 12.1. The molecule has 0 saturated carbocycles. The van der Waals surface area contributed by atoms with E-state index in [0.29, 0.717) is 27.2 Å². The van der Waals surface area contributed by atoms with Crippen LogP contribution in [0.5, 0.6) is 5.75 Å². The maximum Gasteiger partial charge on any atom is 0.294 e. The van der Waals surface area contributed by atoms with E-state index in [9.17, 15) is 18.1 Å². The lowest BCUT2D eigenvalue weighted by Crippen LogP contribution is -1.97. The molecule has 0 saturated heterocycles. The molecule has 0 unspecified atom stereocenters. The van der Waals surface area contributed by atoms with Gasteiger partial charge in [-0.2, -0.15) is 13.5 Å². The third kappa shape index (κ3) is 3.38. The molecule has 0 fully saturated rings. The summed E-state index contributed by atoms with van der Waals surface area (Å²) < 4.78 is 31.8. The highest BCUT2D eigenvalue weighted by atomic mass is 35.5. The van der Waals surface area contributed by atoms with Crippen LogP contribution < -0.4 is 0 Å². The van der Waals surface area contributed by atoms with Crippen molar-refractivity contribution in [3.8, 4) is 5.75 Å². The number of hydrogen-bond donors (Lipinski definition) is 2. The molecule has 0 aromatic heterocycles. The Morgan fingerprint density at radius 1 is 0.875 bits per heavy atom. The quantitative estimate of drug-likeness (QED) is 0.513. The molecule has 3 aromatic carbocycles. The van der Waals surface area contributed by atoms with Crippen LogP contribution in [0.2, 0.25) is 5.02 Å². The molecular formula is C16H11ClN2O4S. The Morgan fingerprint density at radius 2 is 1.58 bits per heavy atom. The zero-order chi connectivity index (χ0) is 17.3. The molecule has 2 N–H and O–H groups in total. The molecule has 0 spiro atoms. The van der Waals surface area contributed by atoms with Crippen LogP contribution in [0.3, 0.4) is 0 Å². The first kappa shape index (κ1) is 16.4. The molecule has 0 atom stereocenters. The minimum Gasteiger partial charge on any atom is -0.507 e. The summed E-state index contributed by atoms with van der Waals surface area (Å²) in [5, 5.41) is 19.4. The SMILES string of the molecule is O=S(=O)(O)c1ccc2c(O)ccc(N=Nc3ccc(Cl)cc3)c2c1. The van der Waals surface area contributed by atoms with Crippen LogP contribution >= 0.6 is 11.6 Å². The predicted molar refractivity (Wildman–Crippen MR) is 91.1 cm³/mol. The van der Waals surface area contributed by atoms with Crippen molar-refractivity contribution in [2.45, 2.75) is 4.90 Å². The van der Waals surface area contributed by atoms with E-state index in [2.05, 4.69) is 10.2 Å². The number of fused-ring (bicyclic) bond motifs is 1. The van der Waals surface area contributed by atoms with E-state index in [4.69, 9.17) is 11.6 Å². The summed E-state index contributed by atoms with van der Waals surface area (Å²) >= 11 is 5.80. The number of rotatable bonds is 3. The zero-order valence-electron chi connectivity index (χ0n) is 12.1. The van der Waals surface area contributed by atoms with Crippen molar-refractivity contribution in [2.24, 2.45) is 10.2 Å².